The predicted molar refractivity (Wildman–Crippen MR) is 107 cm³/mol. The summed E-state index contributed by atoms with van der Waals surface area (Å²) in [6, 6.07) is 13.0. The summed E-state index contributed by atoms with van der Waals surface area (Å²) in [7, 11) is 1.26. The van der Waals surface area contributed by atoms with Crippen LogP contribution in [-0.2, 0) is 4.74 Å². The van der Waals surface area contributed by atoms with Gasteiger partial charge in [-0.3, -0.25) is 4.79 Å². The van der Waals surface area contributed by atoms with Gasteiger partial charge < -0.3 is 10.1 Å². The maximum Gasteiger partial charge on any atom is 0.340 e. The Bertz CT molecular complexity index is 1150. The second-order valence-corrected chi connectivity index (χ2v) is 7.12. The fraction of sp³-hybridized carbons (Fsp3) is 0.190. The fourth-order valence-electron chi connectivity index (χ4n) is 3.31. The van der Waals surface area contributed by atoms with Gasteiger partial charge in [-0.25, -0.2) is 9.18 Å². The molecule has 1 aromatic heterocycles. The molecule has 0 aliphatic heterocycles. The Morgan fingerprint density at radius 1 is 1.28 bits per heavy atom. The maximum atomic E-state index is 13.4. The van der Waals surface area contributed by atoms with Crippen LogP contribution in [0.25, 0.3) is 5.69 Å². The summed E-state index contributed by atoms with van der Waals surface area (Å²) in [4.78, 5) is 24.8. The van der Waals surface area contributed by atoms with Gasteiger partial charge in [-0.15, -0.1) is 0 Å². The van der Waals surface area contributed by atoms with Crippen LogP contribution < -0.4 is 10.9 Å². The molecule has 1 heterocycles. The second-order valence-electron chi connectivity index (χ2n) is 6.75. The molecule has 1 aliphatic rings. The lowest BCUT2D eigenvalue weighted by atomic mass is 10.1. The summed E-state index contributed by atoms with van der Waals surface area (Å²) in [5.74, 6) is -0.715. The predicted octanol–water partition coefficient (Wildman–Crippen LogP) is 3.78. The first-order valence-corrected chi connectivity index (χ1v) is 9.35. The van der Waals surface area contributed by atoms with Crippen molar-refractivity contribution in [2.45, 2.75) is 18.4 Å². The van der Waals surface area contributed by atoms with Crippen LogP contribution in [0.4, 0.5) is 10.1 Å². The number of hydrogen-bond donors (Lipinski definition) is 1. The van der Waals surface area contributed by atoms with Gasteiger partial charge in [-0.2, -0.15) is 9.78 Å². The molecule has 148 valence electrons. The molecule has 3 aromatic rings. The topological polar surface area (TPSA) is 73.2 Å². The molecule has 6 nitrogen and oxygen atoms in total. The van der Waals surface area contributed by atoms with Gasteiger partial charge in [0.05, 0.1) is 30.2 Å². The number of carbonyl (C=O) groups is 1. The average molecular weight is 414 g/mol. The molecule has 29 heavy (non-hydrogen) atoms. The maximum absolute atomic E-state index is 13.4. The minimum atomic E-state index is -0.580. The molecule has 0 amide bonds. The van der Waals surface area contributed by atoms with Crippen molar-refractivity contribution >= 4 is 23.3 Å². The van der Waals surface area contributed by atoms with E-state index in [9.17, 15) is 14.0 Å². The molecule has 1 N–H and O–H groups in total. The average Bonchev–Trinajstić information content (AvgIpc) is 3.50. The van der Waals surface area contributed by atoms with Crippen molar-refractivity contribution < 1.29 is 13.9 Å². The van der Waals surface area contributed by atoms with Crippen LogP contribution in [0.1, 0.15) is 28.3 Å². The van der Waals surface area contributed by atoms with Crippen molar-refractivity contribution in [1.82, 2.24) is 9.78 Å². The molecule has 0 saturated heterocycles. The number of anilines is 1. The van der Waals surface area contributed by atoms with Crippen LogP contribution in [0.2, 0.25) is 5.02 Å². The molecule has 1 saturated carbocycles. The van der Waals surface area contributed by atoms with Gasteiger partial charge in [-0.1, -0.05) is 35.9 Å². The summed E-state index contributed by atoms with van der Waals surface area (Å²) in [6.45, 7) is 0. The number of halogens is 2. The van der Waals surface area contributed by atoms with E-state index in [-0.39, 0.29) is 34.1 Å². The monoisotopic (exact) mass is 413 g/mol. The number of esters is 1. The lowest BCUT2D eigenvalue weighted by Gasteiger charge is -2.12. The molecule has 0 radical (unpaired) electrons. The van der Waals surface area contributed by atoms with E-state index in [1.54, 1.807) is 30.3 Å². The molecular formula is C21H17ClFN3O3. The van der Waals surface area contributed by atoms with Crippen molar-refractivity contribution in [2.24, 2.45) is 0 Å². The fourth-order valence-corrected chi connectivity index (χ4v) is 3.49. The summed E-state index contributed by atoms with van der Waals surface area (Å²) in [5, 5.41) is 7.33. The SMILES string of the molecule is COC(=O)c1ccccc1-n1ncc(N[C@@H]2C[C@H]2c2cccc(F)c2)c(Cl)c1=O. The quantitative estimate of drug-likeness (QED) is 0.644. The van der Waals surface area contributed by atoms with Gasteiger partial charge >= 0.3 is 5.97 Å². The summed E-state index contributed by atoms with van der Waals surface area (Å²) in [6.07, 6.45) is 2.24. The zero-order chi connectivity index (χ0) is 20.5. The van der Waals surface area contributed by atoms with Crippen LogP contribution in [0, 0.1) is 5.82 Å². The highest BCUT2D eigenvalue weighted by Gasteiger charge is 2.39. The molecule has 1 fully saturated rings. The second kappa shape index (κ2) is 7.67. The third-order valence-electron chi connectivity index (χ3n) is 4.86. The Labute approximate surface area is 170 Å². The highest BCUT2D eigenvalue weighted by atomic mass is 35.5. The lowest BCUT2D eigenvalue weighted by Crippen LogP contribution is -2.25. The standard InChI is InChI=1S/C21H17ClFN3O3/c1-29-21(28)14-7-2-3-8-18(14)26-20(27)19(22)17(11-24-26)25-16-10-15(16)12-5-4-6-13(23)9-12/h2-9,11,15-16,25H,10H2,1H3/t15-,16+/m0/s1. The minimum absolute atomic E-state index is 0.0358. The summed E-state index contributed by atoms with van der Waals surface area (Å²) >= 11 is 6.29. The van der Waals surface area contributed by atoms with Crippen molar-refractivity contribution in [1.29, 1.82) is 0 Å². The molecule has 0 spiro atoms. The van der Waals surface area contributed by atoms with Gasteiger partial charge in [-0.05, 0) is 36.2 Å². The van der Waals surface area contributed by atoms with E-state index in [1.165, 1.54) is 25.4 Å². The van der Waals surface area contributed by atoms with E-state index >= 15 is 0 Å². The van der Waals surface area contributed by atoms with E-state index in [0.717, 1.165) is 16.7 Å². The smallest absolute Gasteiger partial charge is 0.340 e. The van der Waals surface area contributed by atoms with Crippen LogP contribution in [0.5, 0.6) is 0 Å². The molecule has 0 bridgehead atoms. The number of methoxy groups -OCH3 is 1. The number of nitrogens with zero attached hydrogens (tertiary/aromatic N) is 2. The zero-order valence-electron chi connectivity index (χ0n) is 15.4. The molecule has 2 atom stereocenters. The number of nitrogens with one attached hydrogen (secondary N) is 1. The Morgan fingerprint density at radius 3 is 2.83 bits per heavy atom. The molecule has 2 aromatic carbocycles. The van der Waals surface area contributed by atoms with Gasteiger partial charge in [0.1, 0.15) is 10.8 Å². The Balaban J connectivity index is 1.60. The number of benzene rings is 2. The van der Waals surface area contributed by atoms with E-state index < -0.39 is 11.5 Å². The third-order valence-corrected chi connectivity index (χ3v) is 5.23. The molecule has 8 heteroatoms. The number of para-hydroxylation sites is 1. The number of rotatable bonds is 5. The van der Waals surface area contributed by atoms with Crippen LogP contribution in [0.15, 0.2) is 59.5 Å². The summed E-state index contributed by atoms with van der Waals surface area (Å²) in [5.41, 5.74) is 1.21. The molecule has 0 unspecified atom stereocenters. The van der Waals surface area contributed by atoms with Crippen molar-refractivity contribution in [3.8, 4) is 5.69 Å². The molecular weight excluding hydrogens is 397 g/mol. The van der Waals surface area contributed by atoms with Gasteiger partial charge in [0.2, 0.25) is 0 Å². The van der Waals surface area contributed by atoms with Crippen LogP contribution in [-0.4, -0.2) is 28.9 Å². The van der Waals surface area contributed by atoms with Crippen LogP contribution in [0.3, 0.4) is 0 Å². The van der Waals surface area contributed by atoms with Crippen molar-refractivity contribution in [3.63, 3.8) is 0 Å². The lowest BCUT2D eigenvalue weighted by molar-refractivity contribution is 0.0600. The molecule has 1 aliphatic carbocycles. The Hall–Kier alpha value is -3.19. The van der Waals surface area contributed by atoms with Crippen LogP contribution >= 0.6 is 11.6 Å². The number of aromatic nitrogens is 2. The van der Waals surface area contributed by atoms with E-state index in [2.05, 4.69) is 10.4 Å². The van der Waals surface area contributed by atoms with Gasteiger partial charge in [0.25, 0.3) is 5.56 Å². The number of hydrogen-bond acceptors (Lipinski definition) is 5. The van der Waals surface area contributed by atoms with E-state index in [4.69, 9.17) is 16.3 Å². The zero-order valence-corrected chi connectivity index (χ0v) is 16.2. The van der Waals surface area contributed by atoms with Gasteiger partial charge in [0.15, 0.2) is 0 Å². The highest BCUT2D eigenvalue weighted by Crippen LogP contribution is 2.43. The first kappa shape index (κ1) is 19.1. The Morgan fingerprint density at radius 2 is 2.07 bits per heavy atom. The van der Waals surface area contributed by atoms with E-state index in [0.29, 0.717) is 5.69 Å². The third kappa shape index (κ3) is 3.73. The van der Waals surface area contributed by atoms with E-state index in [1.807, 2.05) is 6.07 Å². The number of carbonyl (C=O) groups excluding carboxylic acids is 1. The normalized spacial score (nSPS) is 17.6. The minimum Gasteiger partial charge on any atom is -0.465 e. The highest BCUT2D eigenvalue weighted by molar-refractivity contribution is 6.33. The van der Waals surface area contributed by atoms with Crippen molar-refractivity contribution in [3.05, 3.63) is 87.0 Å². The van der Waals surface area contributed by atoms with Gasteiger partial charge in [0, 0.05) is 12.0 Å². The first-order valence-electron chi connectivity index (χ1n) is 8.97. The molecule has 4 rings (SSSR count). The largest absolute Gasteiger partial charge is 0.465 e. The van der Waals surface area contributed by atoms with Crippen molar-refractivity contribution in [2.75, 3.05) is 12.4 Å². The number of ether oxygens (including phenoxy) is 1. The summed E-state index contributed by atoms with van der Waals surface area (Å²) < 4.78 is 19.2. The Kier molecular flexibility index (Phi) is 5.07. The first-order chi connectivity index (χ1) is 14.0.